The summed E-state index contributed by atoms with van der Waals surface area (Å²) in [5, 5.41) is 11.7. The first kappa shape index (κ1) is 22.6. The molecule has 0 aliphatic carbocycles. The van der Waals surface area contributed by atoms with E-state index in [1.807, 2.05) is 25.1 Å². The molecule has 0 atom stereocenters. The van der Waals surface area contributed by atoms with Crippen LogP contribution in [0.4, 0.5) is 11.4 Å². The molecule has 0 heterocycles. The van der Waals surface area contributed by atoms with Crippen LogP contribution in [0.25, 0.3) is 0 Å². The van der Waals surface area contributed by atoms with Crippen LogP contribution in [-0.2, 0) is 16.6 Å². The maximum Gasteiger partial charge on any atom is 0.293 e. The second-order valence-electron chi connectivity index (χ2n) is 6.67. The first-order chi connectivity index (χ1) is 13.6. The van der Waals surface area contributed by atoms with Crippen LogP contribution in [0.1, 0.15) is 25.0 Å². The number of aryl methyl sites for hydroxylation is 1. The predicted molar refractivity (Wildman–Crippen MR) is 113 cm³/mol. The van der Waals surface area contributed by atoms with Crippen LogP contribution in [0.2, 0.25) is 0 Å². The predicted octanol–water partition coefficient (Wildman–Crippen LogP) is 3.58. The Balaban J connectivity index is 2.46. The van der Waals surface area contributed by atoms with Gasteiger partial charge >= 0.3 is 0 Å². The third-order valence-corrected chi connectivity index (χ3v) is 6.79. The van der Waals surface area contributed by atoms with E-state index in [4.69, 9.17) is 4.74 Å². The van der Waals surface area contributed by atoms with Crippen LogP contribution >= 0.6 is 0 Å². The smallest absolute Gasteiger partial charge is 0.293 e. The quantitative estimate of drug-likeness (QED) is 0.454. The summed E-state index contributed by atoms with van der Waals surface area (Å²) in [4.78, 5) is 12.8. The summed E-state index contributed by atoms with van der Waals surface area (Å²) in [6, 6.07) is 9.77. The van der Waals surface area contributed by atoms with E-state index >= 15 is 0 Å². The van der Waals surface area contributed by atoms with Gasteiger partial charge in [0.2, 0.25) is 10.0 Å². The minimum absolute atomic E-state index is 0.0850. The van der Waals surface area contributed by atoms with E-state index in [9.17, 15) is 18.5 Å². The normalized spacial score (nSPS) is 11.5. The van der Waals surface area contributed by atoms with Crippen LogP contribution in [-0.4, -0.2) is 44.9 Å². The van der Waals surface area contributed by atoms with Crippen molar-refractivity contribution in [2.45, 2.75) is 32.2 Å². The molecule has 0 spiro atoms. The number of benzene rings is 2. The van der Waals surface area contributed by atoms with Crippen molar-refractivity contribution in [2.24, 2.45) is 0 Å². The number of nitrogens with zero attached hydrogens (tertiary/aromatic N) is 3. The van der Waals surface area contributed by atoms with E-state index in [-0.39, 0.29) is 10.6 Å². The summed E-state index contributed by atoms with van der Waals surface area (Å²) in [7, 11) is -0.487. The van der Waals surface area contributed by atoms with Gasteiger partial charge in [0.1, 0.15) is 11.4 Å². The van der Waals surface area contributed by atoms with Crippen LogP contribution in [0.5, 0.6) is 5.75 Å². The minimum Gasteiger partial charge on any atom is -0.496 e. The molecule has 29 heavy (non-hydrogen) atoms. The molecular weight excluding hydrogens is 394 g/mol. The fourth-order valence-electron chi connectivity index (χ4n) is 3.22. The van der Waals surface area contributed by atoms with Crippen molar-refractivity contribution in [1.82, 2.24) is 4.31 Å². The Hall–Kier alpha value is -2.65. The van der Waals surface area contributed by atoms with E-state index in [1.165, 1.54) is 16.4 Å². The highest BCUT2D eigenvalue weighted by molar-refractivity contribution is 7.89. The van der Waals surface area contributed by atoms with E-state index in [0.29, 0.717) is 31.1 Å². The number of methoxy groups -OCH3 is 1. The van der Waals surface area contributed by atoms with E-state index in [2.05, 4.69) is 0 Å². The molecule has 9 heteroatoms. The molecule has 0 fully saturated rings. The Bertz CT molecular complexity index is 988. The standard InChI is InChI=1S/C20H27N3O5S/c1-6-22(7-2)29(26,27)17-9-10-18(19(13-17)23(24)25)21(4)14-16-12-15(3)8-11-20(16)28-5/h8-13H,6-7,14H2,1-5H3. The topological polar surface area (TPSA) is 93.0 Å². The highest BCUT2D eigenvalue weighted by Gasteiger charge is 2.27. The lowest BCUT2D eigenvalue weighted by Crippen LogP contribution is -2.30. The largest absolute Gasteiger partial charge is 0.496 e. The summed E-state index contributed by atoms with van der Waals surface area (Å²) >= 11 is 0. The molecule has 0 aliphatic rings. The van der Waals surface area contributed by atoms with Gasteiger partial charge in [0, 0.05) is 38.3 Å². The van der Waals surface area contributed by atoms with Crippen molar-refractivity contribution in [3.8, 4) is 5.75 Å². The number of hydrogen-bond acceptors (Lipinski definition) is 6. The maximum atomic E-state index is 12.7. The Morgan fingerprint density at radius 3 is 2.31 bits per heavy atom. The van der Waals surface area contributed by atoms with Gasteiger partial charge in [0.25, 0.3) is 5.69 Å². The van der Waals surface area contributed by atoms with Crippen molar-refractivity contribution in [3.63, 3.8) is 0 Å². The summed E-state index contributed by atoms with van der Waals surface area (Å²) in [5.74, 6) is 0.686. The molecule has 8 nitrogen and oxygen atoms in total. The Morgan fingerprint density at radius 2 is 1.76 bits per heavy atom. The summed E-state index contributed by atoms with van der Waals surface area (Å²) < 4.78 is 32.1. The van der Waals surface area contributed by atoms with Crippen molar-refractivity contribution in [3.05, 3.63) is 57.6 Å². The van der Waals surface area contributed by atoms with Crippen molar-refractivity contribution < 1.29 is 18.1 Å². The fourth-order valence-corrected chi connectivity index (χ4v) is 4.70. The van der Waals surface area contributed by atoms with Gasteiger partial charge in [-0.15, -0.1) is 0 Å². The van der Waals surface area contributed by atoms with Crippen LogP contribution < -0.4 is 9.64 Å². The average molecular weight is 422 g/mol. The Kier molecular flexibility index (Phi) is 7.21. The fraction of sp³-hybridized carbons (Fsp3) is 0.400. The highest BCUT2D eigenvalue weighted by Crippen LogP contribution is 2.33. The third-order valence-electron chi connectivity index (χ3n) is 4.74. The molecule has 0 saturated carbocycles. The second-order valence-corrected chi connectivity index (χ2v) is 8.61. The maximum absolute atomic E-state index is 12.7. The van der Waals surface area contributed by atoms with Crippen LogP contribution in [0, 0.1) is 17.0 Å². The molecule has 0 bridgehead atoms. The number of nitro benzene ring substituents is 1. The zero-order valence-electron chi connectivity index (χ0n) is 17.4. The van der Waals surface area contributed by atoms with Gasteiger partial charge in [0.05, 0.1) is 16.9 Å². The summed E-state index contributed by atoms with van der Waals surface area (Å²) in [6.45, 7) is 6.37. The molecule has 0 aromatic heterocycles. The summed E-state index contributed by atoms with van der Waals surface area (Å²) in [5.41, 5.74) is 2.00. The first-order valence-corrected chi connectivity index (χ1v) is 10.7. The zero-order valence-corrected chi connectivity index (χ0v) is 18.2. The lowest BCUT2D eigenvalue weighted by molar-refractivity contribution is -0.384. The van der Waals surface area contributed by atoms with Gasteiger partial charge < -0.3 is 9.64 Å². The molecule has 0 radical (unpaired) electrons. The monoisotopic (exact) mass is 421 g/mol. The van der Waals surface area contributed by atoms with Gasteiger partial charge in [-0.05, 0) is 25.1 Å². The Labute approximate surface area is 171 Å². The van der Waals surface area contributed by atoms with E-state index in [1.54, 1.807) is 32.9 Å². The van der Waals surface area contributed by atoms with Gasteiger partial charge in [0.15, 0.2) is 0 Å². The summed E-state index contributed by atoms with van der Waals surface area (Å²) in [6.07, 6.45) is 0. The number of sulfonamides is 1. The molecule has 0 amide bonds. The SMILES string of the molecule is CCN(CC)S(=O)(=O)c1ccc(N(C)Cc2cc(C)ccc2OC)c([N+](=O)[O-])c1. The van der Waals surface area contributed by atoms with Gasteiger partial charge in [-0.2, -0.15) is 4.31 Å². The first-order valence-electron chi connectivity index (χ1n) is 9.28. The molecule has 0 aliphatic heterocycles. The second kappa shape index (κ2) is 9.23. The molecule has 0 N–H and O–H groups in total. The van der Waals surface area contributed by atoms with E-state index in [0.717, 1.165) is 17.2 Å². The molecule has 2 aromatic rings. The lowest BCUT2D eigenvalue weighted by atomic mass is 10.1. The van der Waals surface area contributed by atoms with Gasteiger partial charge in [-0.25, -0.2) is 8.42 Å². The minimum atomic E-state index is -3.78. The van der Waals surface area contributed by atoms with E-state index < -0.39 is 14.9 Å². The van der Waals surface area contributed by atoms with Crippen LogP contribution in [0.15, 0.2) is 41.3 Å². The highest BCUT2D eigenvalue weighted by atomic mass is 32.2. The van der Waals surface area contributed by atoms with Crippen molar-refractivity contribution in [1.29, 1.82) is 0 Å². The number of hydrogen-bond donors (Lipinski definition) is 0. The number of ether oxygens (including phenoxy) is 1. The zero-order chi connectivity index (χ0) is 21.8. The molecule has 2 aromatic carbocycles. The lowest BCUT2D eigenvalue weighted by Gasteiger charge is -2.22. The number of anilines is 1. The van der Waals surface area contributed by atoms with Crippen molar-refractivity contribution >= 4 is 21.4 Å². The molecule has 158 valence electrons. The van der Waals surface area contributed by atoms with Crippen molar-refractivity contribution in [2.75, 3.05) is 32.1 Å². The number of rotatable bonds is 9. The van der Waals surface area contributed by atoms with Crippen LogP contribution in [0.3, 0.4) is 0 Å². The molecule has 2 rings (SSSR count). The third kappa shape index (κ3) is 4.86. The van der Waals surface area contributed by atoms with Gasteiger partial charge in [-0.3, -0.25) is 10.1 Å². The number of nitro groups is 1. The molecule has 0 saturated heterocycles. The molecule has 0 unspecified atom stereocenters. The van der Waals surface area contributed by atoms with Gasteiger partial charge in [-0.1, -0.05) is 31.5 Å². The Morgan fingerprint density at radius 1 is 1.10 bits per heavy atom. The molecular formula is C20H27N3O5S. The average Bonchev–Trinajstić information content (AvgIpc) is 2.68.